The van der Waals surface area contributed by atoms with Crippen molar-refractivity contribution in [3.8, 4) is 0 Å². The molecule has 3 heterocycles. The van der Waals surface area contributed by atoms with E-state index in [-0.39, 0.29) is 0 Å². The zero-order valence-corrected chi connectivity index (χ0v) is 13.4. The summed E-state index contributed by atoms with van der Waals surface area (Å²) in [5, 5.41) is 2.04. The summed E-state index contributed by atoms with van der Waals surface area (Å²) in [6.45, 7) is 3.72. The molecule has 0 aliphatic carbocycles. The zero-order valence-electron chi connectivity index (χ0n) is 12.5. The van der Waals surface area contributed by atoms with Crippen molar-refractivity contribution in [3.05, 3.63) is 34.8 Å². The number of rotatable bonds is 5. The van der Waals surface area contributed by atoms with Crippen molar-refractivity contribution in [1.29, 1.82) is 0 Å². The van der Waals surface area contributed by atoms with E-state index in [0.29, 0.717) is 12.4 Å². The first-order valence-electron chi connectivity index (χ1n) is 7.38. The molecular weight excluding hydrogens is 327 g/mol. The quantitative estimate of drug-likeness (QED) is 0.833. The highest BCUT2D eigenvalue weighted by molar-refractivity contribution is 7.07. The molecule has 3 rings (SSSR count). The van der Waals surface area contributed by atoms with E-state index in [1.807, 2.05) is 10.9 Å². The molecule has 0 aromatic carbocycles. The summed E-state index contributed by atoms with van der Waals surface area (Å²) >= 11 is 1.59. The lowest BCUT2D eigenvalue weighted by molar-refractivity contribution is -0.141. The molecule has 2 aromatic rings. The highest BCUT2D eigenvalue weighted by Gasteiger charge is 2.29. The molecule has 2 aromatic heterocycles. The monoisotopic (exact) mass is 345 g/mol. The van der Waals surface area contributed by atoms with E-state index in [4.69, 9.17) is 0 Å². The van der Waals surface area contributed by atoms with Gasteiger partial charge in [-0.1, -0.05) is 0 Å². The second kappa shape index (κ2) is 6.98. The normalized spacial score (nSPS) is 17.7. The minimum absolute atomic E-state index is 0.452. The van der Waals surface area contributed by atoms with Crippen molar-refractivity contribution in [2.45, 2.75) is 25.8 Å². The largest absolute Gasteiger partial charge is 0.406 e. The van der Waals surface area contributed by atoms with Crippen LogP contribution in [0.5, 0.6) is 0 Å². The van der Waals surface area contributed by atoms with Crippen LogP contribution in [0.15, 0.2) is 23.3 Å². The third kappa shape index (κ3) is 4.76. The van der Waals surface area contributed by atoms with Crippen LogP contribution in [0.1, 0.15) is 11.5 Å². The van der Waals surface area contributed by atoms with Crippen LogP contribution >= 0.6 is 11.3 Å². The molecule has 0 spiro atoms. The number of piperazine rings is 1. The Morgan fingerprint density at radius 3 is 2.35 bits per heavy atom. The minimum atomic E-state index is -4.22. The summed E-state index contributed by atoms with van der Waals surface area (Å²) in [5.41, 5.74) is 2.90. The molecule has 0 bridgehead atoms. The second-order valence-corrected chi connectivity index (χ2v) is 6.34. The van der Waals surface area contributed by atoms with Crippen molar-refractivity contribution >= 4 is 11.3 Å². The van der Waals surface area contributed by atoms with Crippen LogP contribution in [0.3, 0.4) is 0 Å². The average Bonchev–Trinajstić information content (AvgIpc) is 3.12. The Hall–Kier alpha value is -1.45. The maximum atomic E-state index is 12.5. The van der Waals surface area contributed by atoms with Crippen LogP contribution in [-0.2, 0) is 19.6 Å². The van der Waals surface area contributed by atoms with Gasteiger partial charge in [-0.3, -0.25) is 9.80 Å². The zero-order chi connectivity index (χ0) is 16.3. The summed E-state index contributed by atoms with van der Waals surface area (Å²) in [4.78, 5) is 12.8. The molecular formula is C14H18F3N5S. The summed E-state index contributed by atoms with van der Waals surface area (Å²) < 4.78 is 38.8. The molecule has 1 fully saturated rings. The lowest BCUT2D eigenvalue weighted by atomic mass is 10.3. The first kappa shape index (κ1) is 16.4. The van der Waals surface area contributed by atoms with Crippen molar-refractivity contribution in [1.82, 2.24) is 24.3 Å². The van der Waals surface area contributed by atoms with E-state index in [2.05, 4.69) is 19.8 Å². The van der Waals surface area contributed by atoms with Crippen LogP contribution in [0, 0.1) is 0 Å². The fraction of sp³-hybridized carbons (Fsp3) is 0.571. The molecule has 1 saturated heterocycles. The number of alkyl halides is 3. The topological polar surface area (TPSA) is 37.2 Å². The Labute approximate surface area is 136 Å². The Morgan fingerprint density at radius 1 is 1.04 bits per heavy atom. The van der Waals surface area contributed by atoms with Gasteiger partial charge in [-0.15, -0.1) is 11.3 Å². The molecule has 0 N–H and O–H groups in total. The van der Waals surface area contributed by atoms with E-state index >= 15 is 0 Å². The van der Waals surface area contributed by atoms with Gasteiger partial charge in [0.15, 0.2) is 0 Å². The summed E-state index contributed by atoms with van der Waals surface area (Å²) in [6, 6.07) is 0. The fourth-order valence-electron chi connectivity index (χ4n) is 2.68. The Kier molecular flexibility index (Phi) is 4.98. The second-order valence-electron chi connectivity index (χ2n) is 5.62. The summed E-state index contributed by atoms with van der Waals surface area (Å²) in [7, 11) is 0. The molecule has 23 heavy (non-hydrogen) atoms. The molecule has 0 unspecified atom stereocenters. The van der Waals surface area contributed by atoms with E-state index in [1.54, 1.807) is 11.3 Å². The first-order valence-corrected chi connectivity index (χ1v) is 8.32. The van der Waals surface area contributed by atoms with E-state index in [1.165, 1.54) is 17.0 Å². The summed E-state index contributed by atoms with van der Waals surface area (Å²) in [5.74, 6) is 0.468. The van der Waals surface area contributed by atoms with Crippen molar-refractivity contribution in [2.75, 3.05) is 26.2 Å². The molecule has 1 aliphatic heterocycles. The van der Waals surface area contributed by atoms with Crippen molar-refractivity contribution < 1.29 is 13.2 Å². The van der Waals surface area contributed by atoms with Gasteiger partial charge in [0.2, 0.25) is 0 Å². The third-order valence-electron chi connectivity index (χ3n) is 3.85. The highest BCUT2D eigenvalue weighted by atomic mass is 32.1. The smallest absolute Gasteiger partial charge is 0.325 e. The van der Waals surface area contributed by atoms with Gasteiger partial charge in [-0.05, 0) is 0 Å². The van der Waals surface area contributed by atoms with Crippen molar-refractivity contribution in [3.63, 3.8) is 0 Å². The number of nitrogens with zero attached hydrogens (tertiary/aromatic N) is 5. The molecule has 1 aliphatic rings. The van der Waals surface area contributed by atoms with Gasteiger partial charge >= 0.3 is 6.18 Å². The van der Waals surface area contributed by atoms with Gasteiger partial charge in [0.25, 0.3) is 0 Å². The van der Waals surface area contributed by atoms with E-state index in [9.17, 15) is 13.2 Å². The predicted octanol–water partition coefficient (Wildman–Crippen LogP) is 2.22. The Balaban J connectivity index is 1.50. The highest BCUT2D eigenvalue weighted by Crippen LogP contribution is 2.19. The number of thiazole rings is 1. The maximum absolute atomic E-state index is 12.5. The fourth-order valence-corrected chi connectivity index (χ4v) is 3.23. The standard InChI is InChI=1S/C14H18F3N5S/c15-14(16,17)10-22-2-1-18-13(22)8-21-5-3-20(4-6-21)7-12-9-23-11-19-12/h1-2,9,11H,3-8,10H2. The lowest BCUT2D eigenvalue weighted by Crippen LogP contribution is -2.45. The Bertz CT molecular complexity index is 602. The number of hydrogen-bond acceptors (Lipinski definition) is 5. The number of imidazole rings is 1. The van der Waals surface area contributed by atoms with E-state index in [0.717, 1.165) is 38.4 Å². The van der Waals surface area contributed by atoms with Crippen LogP contribution < -0.4 is 0 Å². The number of hydrogen-bond donors (Lipinski definition) is 0. The minimum Gasteiger partial charge on any atom is -0.325 e. The Morgan fingerprint density at radius 2 is 1.74 bits per heavy atom. The molecule has 0 saturated carbocycles. The van der Waals surface area contributed by atoms with Gasteiger partial charge in [-0.25, -0.2) is 9.97 Å². The number of aromatic nitrogens is 3. The average molecular weight is 345 g/mol. The van der Waals surface area contributed by atoms with Gasteiger partial charge in [0.05, 0.1) is 17.7 Å². The SMILES string of the molecule is FC(F)(F)Cn1ccnc1CN1CCN(Cc2cscn2)CC1. The number of halogens is 3. The molecule has 0 radical (unpaired) electrons. The molecule has 0 amide bonds. The molecule has 126 valence electrons. The summed E-state index contributed by atoms with van der Waals surface area (Å²) in [6.07, 6.45) is -1.40. The van der Waals surface area contributed by atoms with Crippen LogP contribution in [0.4, 0.5) is 13.2 Å². The third-order valence-corrected chi connectivity index (χ3v) is 4.49. The van der Waals surface area contributed by atoms with Gasteiger partial charge in [0, 0.05) is 50.5 Å². The molecule has 0 atom stereocenters. The van der Waals surface area contributed by atoms with Gasteiger partial charge in [-0.2, -0.15) is 13.2 Å². The van der Waals surface area contributed by atoms with Gasteiger partial charge < -0.3 is 4.57 Å². The predicted molar refractivity (Wildman–Crippen MR) is 81.0 cm³/mol. The van der Waals surface area contributed by atoms with Crippen LogP contribution in [0.25, 0.3) is 0 Å². The first-order chi connectivity index (χ1) is 11.0. The van der Waals surface area contributed by atoms with Crippen molar-refractivity contribution in [2.24, 2.45) is 0 Å². The lowest BCUT2D eigenvalue weighted by Gasteiger charge is -2.34. The van der Waals surface area contributed by atoms with Gasteiger partial charge in [0.1, 0.15) is 12.4 Å². The van der Waals surface area contributed by atoms with E-state index < -0.39 is 12.7 Å². The molecule has 9 heteroatoms. The van der Waals surface area contributed by atoms with Crippen LogP contribution in [-0.4, -0.2) is 56.7 Å². The molecule has 5 nitrogen and oxygen atoms in total. The maximum Gasteiger partial charge on any atom is 0.406 e. The van der Waals surface area contributed by atoms with Crippen LogP contribution in [0.2, 0.25) is 0 Å².